The van der Waals surface area contributed by atoms with Crippen LogP contribution in [0.15, 0.2) is 47.4 Å². The number of benzene rings is 2. The van der Waals surface area contributed by atoms with Gasteiger partial charge in [-0.1, -0.05) is 12.1 Å². The van der Waals surface area contributed by atoms with Crippen LogP contribution < -0.4 is 4.72 Å². The van der Waals surface area contributed by atoms with Crippen LogP contribution >= 0.6 is 0 Å². The second kappa shape index (κ2) is 9.21. The molecular formula is C18H16F2N2O4S. The molecular weight excluding hydrogens is 378 g/mol. The van der Waals surface area contributed by atoms with Gasteiger partial charge < -0.3 is 4.74 Å². The predicted octanol–water partition coefficient (Wildman–Crippen LogP) is 2.64. The van der Waals surface area contributed by atoms with Crippen molar-refractivity contribution in [3.05, 3.63) is 65.2 Å². The molecule has 0 aliphatic rings. The maximum absolute atomic E-state index is 13.5. The molecule has 0 amide bonds. The number of sulfonamides is 1. The predicted molar refractivity (Wildman–Crippen MR) is 91.7 cm³/mol. The monoisotopic (exact) mass is 394 g/mol. The lowest BCUT2D eigenvalue weighted by Crippen LogP contribution is -2.26. The highest BCUT2D eigenvalue weighted by Crippen LogP contribution is 2.15. The number of hydrogen-bond donors (Lipinski definition) is 1. The lowest BCUT2D eigenvalue weighted by Gasteiger charge is -2.08. The van der Waals surface area contributed by atoms with Gasteiger partial charge in [-0.2, -0.15) is 5.26 Å². The van der Waals surface area contributed by atoms with Crippen molar-refractivity contribution in [2.75, 3.05) is 6.54 Å². The normalized spacial score (nSPS) is 11.0. The fourth-order valence-corrected chi connectivity index (χ4v) is 3.25. The Kier molecular flexibility index (Phi) is 6.98. The Labute approximate surface area is 155 Å². The molecule has 0 atom stereocenters. The minimum atomic E-state index is -4.14. The molecule has 1 N–H and O–H groups in total. The van der Waals surface area contributed by atoms with Gasteiger partial charge >= 0.3 is 5.97 Å². The van der Waals surface area contributed by atoms with Gasteiger partial charge in [0.2, 0.25) is 10.0 Å². The molecule has 0 aromatic heterocycles. The summed E-state index contributed by atoms with van der Waals surface area (Å²) in [5.74, 6) is -2.59. The Morgan fingerprint density at radius 3 is 2.48 bits per heavy atom. The minimum absolute atomic E-state index is 0.0370. The van der Waals surface area contributed by atoms with Crippen LogP contribution in [0.4, 0.5) is 8.78 Å². The van der Waals surface area contributed by atoms with Crippen molar-refractivity contribution in [2.24, 2.45) is 0 Å². The minimum Gasteiger partial charge on any atom is -0.461 e. The summed E-state index contributed by atoms with van der Waals surface area (Å²) in [4.78, 5) is 11.0. The SMILES string of the molecule is N#Cc1ccc(COC(=O)CCCNS(=O)(=O)c2ccc(F)cc2F)cc1. The molecule has 2 aromatic carbocycles. The third-order valence-corrected chi connectivity index (χ3v) is 5.01. The Hall–Kier alpha value is -2.83. The second-order valence-corrected chi connectivity index (χ2v) is 7.28. The number of carbonyl (C=O) groups is 1. The van der Waals surface area contributed by atoms with Crippen LogP contribution in [0.5, 0.6) is 0 Å². The van der Waals surface area contributed by atoms with Crippen LogP contribution in [0.25, 0.3) is 0 Å². The summed E-state index contributed by atoms with van der Waals surface area (Å²) in [6.45, 7) is -0.0673. The van der Waals surface area contributed by atoms with Crippen molar-refractivity contribution >= 4 is 16.0 Å². The number of ether oxygens (including phenoxy) is 1. The first-order chi connectivity index (χ1) is 12.8. The van der Waals surface area contributed by atoms with Gasteiger partial charge in [0, 0.05) is 19.0 Å². The fourth-order valence-electron chi connectivity index (χ4n) is 2.12. The summed E-state index contributed by atoms with van der Waals surface area (Å²) in [5, 5.41) is 8.70. The molecule has 0 spiro atoms. The van der Waals surface area contributed by atoms with Crippen LogP contribution in [-0.4, -0.2) is 20.9 Å². The van der Waals surface area contributed by atoms with E-state index in [1.165, 1.54) is 0 Å². The molecule has 0 unspecified atom stereocenters. The summed E-state index contributed by atoms with van der Waals surface area (Å²) >= 11 is 0. The topological polar surface area (TPSA) is 96.3 Å². The average molecular weight is 394 g/mol. The van der Waals surface area contributed by atoms with Crippen molar-refractivity contribution in [1.29, 1.82) is 5.26 Å². The van der Waals surface area contributed by atoms with E-state index in [0.717, 1.165) is 17.7 Å². The highest BCUT2D eigenvalue weighted by atomic mass is 32.2. The molecule has 9 heteroatoms. The summed E-state index contributed by atoms with van der Waals surface area (Å²) in [5.41, 5.74) is 1.21. The lowest BCUT2D eigenvalue weighted by atomic mass is 10.2. The third-order valence-electron chi connectivity index (χ3n) is 3.52. The van der Waals surface area contributed by atoms with E-state index in [2.05, 4.69) is 4.72 Å². The molecule has 0 aliphatic carbocycles. The zero-order valence-electron chi connectivity index (χ0n) is 14.1. The molecule has 2 aromatic rings. The highest BCUT2D eigenvalue weighted by molar-refractivity contribution is 7.89. The van der Waals surface area contributed by atoms with E-state index in [1.807, 2.05) is 6.07 Å². The quantitative estimate of drug-likeness (QED) is 0.548. The van der Waals surface area contributed by atoms with Crippen molar-refractivity contribution in [3.63, 3.8) is 0 Å². The maximum atomic E-state index is 13.5. The van der Waals surface area contributed by atoms with Crippen LogP contribution in [0, 0.1) is 23.0 Å². The Balaban J connectivity index is 1.75. The second-order valence-electron chi connectivity index (χ2n) is 5.55. The fraction of sp³-hybridized carbons (Fsp3) is 0.222. The number of nitrogens with zero attached hydrogens (tertiary/aromatic N) is 1. The van der Waals surface area contributed by atoms with Crippen LogP contribution in [-0.2, 0) is 26.2 Å². The van der Waals surface area contributed by atoms with E-state index in [0.29, 0.717) is 11.6 Å². The van der Waals surface area contributed by atoms with E-state index in [4.69, 9.17) is 10.00 Å². The van der Waals surface area contributed by atoms with E-state index < -0.39 is 32.5 Å². The summed E-state index contributed by atoms with van der Waals surface area (Å²) in [7, 11) is -4.14. The molecule has 0 fully saturated rings. The first-order valence-electron chi connectivity index (χ1n) is 7.91. The lowest BCUT2D eigenvalue weighted by molar-refractivity contribution is -0.145. The van der Waals surface area contributed by atoms with Gasteiger partial charge in [-0.05, 0) is 36.2 Å². The zero-order chi connectivity index (χ0) is 19.9. The number of nitrogens with one attached hydrogen (secondary N) is 1. The van der Waals surface area contributed by atoms with Crippen molar-refractivity contribution in [3.8, 4) is 6.07 Å². The molecule has 6 nitrogen and oxygen atoms in total. The summed E-state index contributed by atoms with van der Waals surface area (Å²) in [6.07, 6.45) is 0.110. The van der Waals surface area contributed by atoms with E-state index in [9.17, 15) is 22.0 Å². The molecule has 0 radical (unpaired) electrons. The van der Waals surface area contributed by atoms with Gasteiger partial charge in [-0.25, -0.2) is 21.9 Å². The average Bonchev–Trinajstić information content (AvgIpc) is 2.63. The number of halogens is 2. The van der Waals surface area contributed by atoms with Crippen molar-refractivity contribution < 1.29 is 26.7 Å². The number of hydrogen-bond acceptors (Lipinski definition) is 5. The van der Waals surface area contributed by atoms with Crippen molar-refractivity contribution in [2.45, 2.75) is 24.3 Å². The molecule has 0 aliphatic heterocycles. The summed E-state index contributed by atoms with van der Waals surface area (Å²) in [6, 6.07) is 10.7. The Bertz CT molecular complexity index is 954. The standard InChI is InChI=1S/C18H16F2N2O4S/c19-15-7-8-17(16(20)10-15)27(24,25)22-9-1-2-18(23)26-12-14-5-3-13(11-21)4-6-14/h3-8,10,22H,1-2,9,12H2. The molecule has 142 valence electrons. The van der Waals surface area contributed by atoms with E-state index >= 15 is 0 Å². The van der Waals surface area contributed by atoms with E-state index in [-0.39, 0.29) is 26.0 Å². The molecule has 0 bridgehead atoms. The first kappa shape index (κ1) is 20.5. The van der Waals surface area contributed by atoms with Gasteiger partial charge in [0.25, 0.3) is 0 Å². The van der Waals surface area contributed by atoms with Gasteiger partial charge in [-0.3, -0.25) is 4.79 Å². The van der Waals surface area contributed by atoms with Gasteiger partial charge in [0.1, 0.15) is 23.1 Å². The smallest absolute Gasteiger partial charge is 0.306 e. The zero-order valence-corrected chi connectivity index (χ0v) is 14.9. The molecule has 0 saturated heterocycles. The highest BCUT2D eigenvalue weighted by Gasteiger charge is 2.19. The van der Waals surface area contributed by atoms with Crippen LogP contribution in [0.3, 0.4) is 0 Å². The molecule has 0 heterocycles. The third kappa shape index (κ3) is 6.13. The molecule has 27 heavy (non-hydrogen) atoms. The molecule has 2 rings (SSSR count). The van der Waals surface area contributed by atoms with E-state index in [1.54, 1.807) is 24.3 Å². The summed E-state index contributed by atoms with van der Waals surface area (Å²) < 4.78 is 57.5. The first-order valence-corrected chi connectivity index (χ1v) is 9.39. The number of rotatable bonds is 8. The van der Waals surface area contributed by atoms with Gasteiger partial charge in [0.15, 0.2) is 0 Å². The number of esters is 1. The maximum Gasteiger partial charge on any atom is 0.306 e. The molecule has 0 saturated carbocycles. The van der Waals surface area contributed by atoms with Crippen molar-refractivity contribution in [1.82, 2.24) is 4.72 Å². The van der Waals surface area contributed by atoms with Gasteiger partial charge in [-0.15, -0.1) is 0 Å². The number of carbonyl (C=O) groups excluding carboxylic acids is 1. The van der Waals surface area contributed by atoms with Crippen LogP contribution in [0.1, 0.15) is 24.0 Å². The van der Waals surface area contributed by atoms with Crippen LogP contribution in [0.2, 0.25) is 0 Å². The largest absolute Gasteiger partial charge is 0.461 e. The Morgan fingerprint density at radius 1 is 1.15 bits per heavy atom. The van der Waals surface area contributed by atoms with Gasteiger partial charge in [0.05, 0.1) is 11.6 Å². The Morgan fingerprint density at radius 2 is 1.85 bits per heavy atom. The number of nitriles is 1.